The monoisotopic (exact) mass is 362 g/mol. The summed E-state index contributed by atoms with van der Waals surface area (Å²) in [4.78, 5) is 24.4. The minimum absolute atomic E-state index is 0.0331. The molecular formula is C17H22N4O3S. The Hall–Kier alpha value is -2.06. The molecule has 2 heterocycles. The molecule has 1 fully saturated rings. The van der Waals surface area contributed by atoms with E-state index < -0.39 is 5.25 Å². The third-order valence-electron chi connectivity index (χ3n) is 4.19. The predicted octanol–water partition coefficient (Wildman–Crippen LogP) is 2.18. The number of H-pyrrole nitrogens is 1. The number of aromatic nitrogens is 3. The van der Waals surface area contributed by atoms with Crippen molar-refractivity contribution in [3.63, 3.8) is 0 Å². The van der Waals surface area contributed by atoms with Crippen LogP contribution in [0.25, 0.3) is 0 Å². The molecule has 1 saturated heterocycles. The number of thioether (sulfide) groups is 1. The maximum atomic E-state index is 12.4. The summed E-state index contributed by atoms with van der Waals surface area (Å²) < 4.78 is 7.14. The lowest BCUT2D eigenvalue weighted by atomic mass is 10.2. The van der Waals surface area contributed by atoms with Gasteiger partial charge in [-0.1, -0.05) is 30.0 Å². The number of hydrogen-bond donors (Lipinski definition) is 2. The highest BCUT2D eigenvalue weighted by atomic mass is 32.2. The van der Waals surface area contributed by atoms with E-state index in [2.05, 4.69) is 15.5 Å². The summed E-state index contributed by atoms with van der Waals surface area (Å²) in [5.41, 5.74) is 1.52. The van der Waals surface area contributed by atoms with Crippen molar-refractivity contribution in [1.29, 1.82) is 0 Å². The third-order valence-corrected chi connectivity index (χ3v) is 5.28. The lowest BCUT2D eigenvalue weighted by Crippen LogP contribution is -2.27. The predicted molar refractivity (Wildman–Crippen MR) is 96.9 cm³/mol. The molecule has 3 rings (SSSR count). The molecular weight excluding hydrogens is 340 g/mol. The van der Waals surface area contributed by atoms with Crippen LogP contribution < -0.4 is 11.0 Å². The summed E-state index contributed by atoms with van der Waals surface area (Å²) in [6.45, 7) is 4.94. The van der Waals surface area contributed by atoms with Crippen LogP contribution in [0.4, 0.5) is 5.69 Å². The number of rotatable bonds is 6. The first-order chi connectivity index (χ1) is 12.0. The minimum Gasteiger partial charge on any atom is -0.376 e. The Kier molecular flexibility index (Phi) is 5.60. The summed E-state index contributed by atoms with van der Waals surface area (Å²) in [5, 5.41) is 9.56. The van der Waals surface area contributed by atoms with E-state index in [1.165, 1.54) is 11.8 Å². The number of nitrogens with zero attached hydrogens (tertiary/aromatic N) is 2. The number of aromatic amines is 1. The second-order valence-corrected chi connectivity index (χ2v) is 7.43. The molecule has 0 radical (unpaired) electrons. The van der Waals surface area contributed by atoms with Crippen LogP contribution in [0.15, 0.2) is 34.2 Å². The van der Waals surface area contributed by atoms with Gasteiger partial charge in [-0.05, 0) is 38.3 Å². The molecule has 1 aromatic heterocycles. The van der Waals surface area contributed by atoms with Gasteiger partial charge in [0.05, 0.1) is 17.9 Å². The molecule has 1 aromatic carbocycles. The molecule has 0 bridgehead atoms. The molecule has 7 nitrogen and oxygen atoms in total. The van der Waals surface area contributed by atoms with E-state index in [4.69, 9.17) is 4.74 Å². The van der Waals surface area contributed by atoms with Gasteiger partial charge in [-0.2, -0.15) is 0 Å². The van der Waals surface area contributed by atoms with E-state index in [0.29, 0.717) is 11.7 Å². The Bertz CT molecular complexity index is 795. The largest absolute Gasteiger partial charge is 0.376 e. The molecule has 2 N–H and O–H groups in total. The maximum Gasteiger partial charge on any atom is 0.344 e. The molecule has 0 aliphatic carbocycles. The number of nitrogens with one attached hydrogen (secondary N) is 2. The fourth-order valence-corrected chi connectivity index (χ4v) is 3.57. The van der Waals surface area contributed by atoms with Gasteiger partial charge in [-0.3, -0.25) is 9.36 Å². The van der Waals surface area contributed by atoms with Crippen molar-refractivity contribution >= 4 is 23.4 Å². The maximum absolute atomic E-state index is 12.4. The van der Waals surface area contributed by atoms with E-state index in [1.54, 1.807) is 11.5 Å². The van der Waals surface area contributed by atoms with Crippen molar-refractivity contribution in [1.82, 2.24) is 14.8 Å². The zero-order valence-electron chi connectivity index (χ0n) is 14.3. The van der Waals surface area contributed by atoms with Crippen LogP contribution in [-0.4, -0.2) is 38.6 Å². The number of ether oxygens (including phenoxy) is 1. The summed E-state index contributed by atoms with van der Waals surface area (Å²) in [6, 6.07) is 7.62. The summed E-state index contributed by atoms with van der Waals surface area (Å²) >= 11 is 1.26. The molecule has 2 aromatic rings. The molecule has 134 valence electrons. The fourth-order valence-electron chi connectivity index (χ4n) is 2.71. The van der Waals surface area contributed by atoms with Gasteiger partial charge >= 0.3 is 5.69 Å². The smallest absolute Gasteiger partial charge is 0.344 e. The molecule has 1 aliphatic heterocycles. The number of carbonyl (C=O) groups excluding carboxylic acids is 1. The molecule has 0 spiro atoms. The molecule has 1 amide bonds. The molecule has 0 unspecified atom stereocenters. The Morgan fingerprint density at radius 3 is 3.04 bits per heavy atom. The average molecular weight is 362 g/mol. The second kappa shape index (κ2) is 7.88. The molecule has 1 aliphatic rings. The van der Waals surface area contributed by atoms with E-state index in [-0.39, 0.29) is 17.7 Å². The van der Waals surface area contributed by atoms with Crippen molar-refractivity contribution in [3.8, 4) is 0 Å². The van der Waals surface area contributed by atoms with Crippen LogP contribution in [0, 0.1) is 6.92 Å². The molecule has 0 saturated carbocycles. The van der Waals surface area contributed by atoms with Gasteiger partial charge in [0.25, 0.3) is 0 Å². The summed E-state index contributed by atoms with van der Waals surface area (Å²) in [7, 11) is 0. The normalized spacial score (nSPS) is 18.2. The summed E-state index contributed by atoms with van der Waals surface area (Å²) in [5.74, 6) is -0.126. The van der Waals surface area contributed by atoms with Crippen LogP contribution in [0.5, 0.6) is 0 Å². The lowest BCUT2D eigenvalue weighted by Gasteiger charge is -2.14. The SMILES string of the molecule is Cc1ccccc1NC(=O)[C@H](C)Sc1n[nH]c(=O)n1C[C@@H]1CCCO1. The van der Waals surface area contributed by atoms with Crippen LogP contribution >= 0.6 is 11.8 Å². The summed E-state index contributed by atoms with van der Waals surface area (Å²) in [6.07, 6.45) is 1.98. The number of anilines is 1. The standard InChI is InChI=1S/C17H22N4O3S/c1-11-6-3-4-8-14(11)18-15(22)12(2)25-17-20-19-16(23)21(17)10-13-7-5-9-24-13/h3-4,6,8,12-13H,5,7,9-10H2,1-2H3,(H,18,22)(H,19,23)/t12-,13-/m0/s1. The first kappa shape index (κ1) is 17.8. The number of carbonyl (C=O) groups is 1. The highest BCUT2D eigenvalue weighted by Gasteiger charge is 2.23. The van der Waals surface area contributed by atoms with Crippen LogP contribution in [-0.2, 0) is 16.1 Å². The van der Waals surface area contributed by atoms with Crippen LogP contribution in [0.2, 0.25) is 0 Å². The number of para-hydroxylation sites is 1. The fraction of sp³-hybridized carbons (Fsp3) is 0.471. The van der Waals surface area contributed by atoms with Crippen molar-refractivity contribution in [2.24, 2.45) is 0 Å². The molecule has 25 heavy (non-hydrogen) atoms. The van der Waals surface area contributed by atoms with Gasteiger partial charge < -0.3 is 10.1 Å². The third kappa shape index (κ3) is 4.32. The van der Waals surface area contributed by atoms with E-state index >= 15 is 0 Å². The Labute approximate surface area is 150 Å². The van der Waals surface area contributed by atoms with E-state index in [9.17, 15) is 9.59 Å². The second-order valence-electron chi connectivity index (χ2n) is 6.12. The van der Waals surface area contributed by atoms with Gasteiger partial charge in [-0.15, -0.1) is 5.10 Å². The molecule has 8 heteroatoms. The number of aryl methyl sites for hydroxylation is 1. The van der Waals surface area contributed by atoms with Gasteiger partial charge in [0.15, 0.2) is 5.16 Å². The number of hydrogen-bond acceptors (Lipinski definition) is 5. The van der Waals surface area contributed by atoms with Gasteiger partial charge in [0.2, 0.25) is 5.91 Å². The minimum atomic E-state index is -0.391. The van der Waals surface area contributed by atoms with E-state index in [1.807, 2.05) is 31.2 Å². The van der Waals surface area contributed by atoms with Gasteiger partial charge in [0.1, 0.15) is 0 Å². The Balaban J connectivity index is 1.66. The van der Waals surface area contributed by atoms with Crippen molar-refractivity contribution < 1.29 is 9.53 Å². The first-order valence-corrected chi connectivity index (χ1v) is 9.22. The Morgan fingerprint density at radius 1 is 1.52 bits per heavy atom. The van der Waals surface area contributed by atoms with Crippen molar-refractivity contribution in [2.75, 3.05) is 11.9 Å². The van der Waals surface area contributed by atoms with E-state index in [0.717, 1.165) is 30.7 Å². The zero-order chi connectivity index (χ0) is 17.8. The van der Waals surface area contributed by atoms with Gasteiger partial charge in [0, 0.05) is 12.3 Å². The van der Waals surface area contributed by atoms with Crippen molar-refractivity contribution in [2.45, 2.75) is 49.7 Å². The van der Waals surface area contributed by atoms with Crippen LogP contribution in [0.3, 0.4) is 0 Å². The first-order valence-electron chi connectivity index (χ1n) is 8.34. The van der Waals surface area contributed by atoms with Crippen LogP contribution in [0.1, 0.15) is 25.3 Å². The average Bonchev–Trinajstić information content (AvgIpc) is 3.22. The quantitative estimate of drug-likeness (QED) is 0.769. The van der Waals surface area contributed by atoms with Crippen molar-refractivity contribution in [3.05, 3.63) is 40.3 Å². The zero-order valence-corrected chi connectivity index (χ0v) is 15.1. The highest BCUT2D eigenvalue weighted by molar-refractivity contribution is 8.00. The number of benzene rings is 1. The topological polar surface area (TPSA) is 89.0 Å². The molecule has 2 atom stereocenters. The highest BCUT2D eigenvalue weighted by Crippen LogP contribution is 2.23. The lowest BCUT2D eigenvalue weighted by molar-refractivity contribution is -0.115. The Morgan fingerprint density at radius 2 is 2.32 bits per heavy atom. The number of amides is 1. The van der Waals surface area contributed by atoms with Gasteiger partial charge in [-0.25, -0.2) is 9.89 Å².